The van der Waals surface area contributed by atoms with Crippen LogP contribution in [0.4, 0.5) is 4.79 Å². The molecule has 0 heterocycles. The fourth-order valence-corrected chi connectivity index (χ4v) is 1.04. The van der Waals surface area contributed by atoms with Crippen molar-refractivity contribution in [3.8, 4) is 12.3 Å². The summed E-state index contributed by atoms with van der Waals surface area (Å²) in [7, 11) is 0. The lowest BCUT2D eigenvalue weighted by molar-refractivity contribution is -0.138. The fourth-order valence-electron chi connectivity index (χ4n) is 1.04. The first kappa shape index (κ1) is 15.3. The molecule has 6 nitrogen and oxygen atoms in total. The number of unbranched alkanes of at least 4 members (excludes halogenated alkanes) is 1. The minimum absolute atomic E-state index is 0.244. The maximum absolute atomic E-state index is 11.0. The Balaban J connectivity index is 3.36. The van der Waals surface area contributed by atoms with Crippen LogP contribution in [-0.4, -0.2) is 36.4 Å². The van der Waals surface area contributed by atoms with Crippen LogP contribution in [0.1, 0.15) is 25.7 Å². The van der Waals surface area contributed by atoms with Crippen LogP contribution in [-0.2, 0) is 9.53 Å². The molecule has 0 aliphatic carbocycles. The first-order valence-electron chi connectivity index (χ1n) is 5.40. The predicted octanol–water partition coefficient (Wildman–Crippen LogP) is 0.318. The van der Waals surface area contributed by atoms with E-state index in [9.17, 15) is 9.59 Å². The summed E-state index contributed by atoms with van der Waals surface area (Å²) < 4.78 is 4.82. The Labute approximate surface area is 101 Å². The third kappa shape index (κ3) is 9.20. The predicted molar refractivity (Wildman–Crippen MR) is 62.3 cm³/mol. The van der Waals surface area contributed by atoms with E-state index in [2.05, 4.69) is 11.2 Å². The van der Waals surface area contributed by atoms with E-state index >= 15 is 0 Å². The number of carbonyl (C=O) groups is 2. The molecule has 0 saturated carbocycles. The van der Waals surface area contributed by atoms with Crippen LogP contribution >= 0.6 is 0 Å². The van der Waals surface area contributed by atoms with Crippen molar-refractivity contribution in [2.24, 2.45) is 5.73 Å². The summed E-state index contributed by atoms with van der Waals surface area (Å²) in [5.41, 5.74) is 5.30. The molecule has 6 heteroatoms. The number of amides is 1. The van der Waals surface area contributed by atoms with E-state index in [-0.39, 0.29) is 6.61 Å². The molecule has 1 unspecified atom stereocenters. The average molecular weight is 242 g/mol. The van der Waals surface area contributed by atoms with E-state index in [1.807, 2.05) is 0 Å². The number of carboxylic acids is 1. The van der Waals surface area contributed by atoms with Crippen molar-refractivity contribution < 1.29 is 19.4 Å². The highest BCUT2D eigenvalue weighted by Gasteiger charge is 2.10. The maximum Gasteiger partial charge on any atom is 0.407 e. The Morgan fingerprint density at radius 3 is 2.76 bits per heavy atom. The summed E-state index contributed by atoms with van der Waals surface area (Å²) in [6.07, 6.45) is 6.52. The molecule has 1 amide bonds. The lowest BCUT2D eigenvalue weighted by Crippen LogP contribution is -2.30. The molecule has 96 valence electrons. The van der Waals surface area contributed by atoms with Crippen LogP contribution in [0.3, 0.4) is 0 Å². The largest absolute Gasteiger partial charge is 0.480 e. The molecule has 0 spiro atoms. The lowest BCUT2D eigenvalue weighted by atomic mass is 10.1. The second-order valence-corrected chi connectivity index (χ2v) is 3.46. The van der Waals surface area contributed by atoms with Gasteiger partial charge in [0.25, 0.3) is 0 Å². The van der Waals surface area contributed by atoms with E-state index in [0.29, 0.717) is 32.2 Å². The number of carboxylic acid groups (broad SMARTS) is 1. The van der Waals surface area contributed by atoms with Crippen LogP contribution in [0, 0.1) is 12.3 Å². The molecule has 0 aromatic rings. The fraction of sp³-hybridized carbons (Fsp3) is 0.636. The highest BCUT2D eigenvalue weighted by molar-refractivity contribution is 5.72. The summed E-state index contributed by atoms with van der Waals surface area (Å²) in [6, 6.07) is -0.848. The van der Waals surface area contributed by atoms with Gasteiger partial charge in [-0.05, 0) is 19.3 Å². The minimum Gasteiger partial charge on any atom is -0.480 e. The van der Waals surface area contributed by atoms with Gasteiger partial charge in [-0.1, -0.05) is 0 Å². The van der Waals surface area contributed by atoms with Gasteiger partial charge < -0.3 is 20.9 Å². The number of ether oxygens (including phenoxy) is 1. The van der Waals surface area contributed by atoms with E-state index in [4.69, 9.17) is 22.0 Å². The first-order valence-corrected chi connectivity index (χ1v) is 5.40. The van der Waals surface area contributed by atoms with Gasteiger partial charge in [0, 0.05) is 13.0 Å². The van der Waals surface area contributed by atoms with Crippen molar-refractivity contribution in [3.05, 3.63) is 0 Å². The summed E-state index contributed by atoms with van der Waals surface area (Å²) in [6.45, 7) is 0.632. The summed E-state index contributed by atoms with van der Waals surface area (Å²) in [5.74, 6) is 1.37. The zero-order valence-corrected chi connectivity index (χ0v) is 9.65. The van der Waals surface area contributed by atoms with E-state index in [1.165, 1.54) is 0 Å². The Morgan fingerprint density at radius 1 is 1.47 bits per heavy atom. The number of alkyl carbamates (subject to hydrolysis) is 1. The van der Waals surface area contributed by atoms with Gasteiger partial charge in [0.15, 0.2) is 0 Å². The molecule has 0 saturated heterocycles. The zero-order valence-electron chi connectivity index (χ0n) is 9.65. The number of nitrogens with one attached hydrogen (secondary N) is 1. The van der Waals surface area contributed by atoms with Crippen LogP contribution in [0.25, 0.3) is 0 Å². The number of aliphatic carboxylic acids is 1. The third-order valence-corrected chi connectivity index (χ3v) is 2.00. The van der Waals surface area contributed by atoms with Gasteiger partial charge in [-0.3, -0.25) is 4.79 Å². The van der Waals surface area contributed by atoms with Crippen molar-refractivity contribution >= 4 is 12.1 Å². The normalized spacial score (nSPS) is 11.3. The first-order chi connectivity index (χ1) is 8.07. The minimum atomic E-state index is -1.02. The van der Waals surface area contributed by atoms with E-state index < -0.39 is 18.1 Å². The molecule has 0 rings (SSSR count). The van der Waals surface area contributed by atoms with Gasteiger partial charge >= 0.3 is 12.1 Å². The highest BCUT2D eigenvalue weighted by Crippen LogP contribution is 1.99. The number of terminal acetylenes is 1. The Bertz CT molecular complexity index is 286. The molecule has 0 aromatic heterocycles. The van der Waals surface area contributed by atoms with E-state index in [0.717, 1.165) is 0 Å². The van der Waals surface area contributed by atoms with Crippen molar-refractivity contribution in [2.45, 2.75) is 31.7 Å². The molecule has 4 N–H and O–H groups in total. The van der Waals surface area contributed by atoms with Crippen LogP contribution in [0.5, 0.6) is 0 Å². The zero-order chi connectivity index (χ0) is 13.1. The molecule has 0 fully saturated rings. The molecule has 1 atom stereocenters. The Hall–Kier alpha value is -1.74. The molecule has 17 heavy (non-hydrogen) atoms. The third-order valence-electron chi connectivity index (χ3n) is 2.00. The summed E-state index contributed by atoms with van der Waals surface area (Å²) >= 11 is 0. The van der Waals surface area contributed by atoms with Gasteiger partial charge in [-0.2, -0.15) is 0 Å². The van der Waals surface area contributed by atoms with Gasteiger partial charge in [0.1, 0.15) is 6.04 Å². The number of carbonyl (C=O) groups excluding carboxylic acids is 1. The van der Waals surface area contributed by atoms with Crippen LogP contribution < -0.4 is 11.1 Å². The van der Waals surface area contributed by atoms with E-state index in [1.54, 1.807) is 0 Å². The smallest absolute Gasteiger partial charge is 0.407 e. The molecule has 0 aliphatic heterocycles. The quantitative estimate of drug-likeness (QED) is 0.420. The van der Waals surface area contributed by atoms with Crippen molar-refractivity contribution in [1.82, 2.24) is 5.32 Å². The number of rotatable bonds is 8. The molecule has 0 aliphatic rings. The van der Waals surface area contributed by atoms with Crippen molar-refractivity contribution in [1.29, 1.82) is 0 Å². The van der Waals surface area contributed by atoms with Crippen molar-refractivity contribution in [2.75, 3.05) is 13.2 Å². The average Bonchev–Trinajstić information content (AvgIpc) is 2.28. The maximum atomic E-state index is 11.0. The molecule has 0 aromatic carbocycles. The van der Waals surface area contributed by atoms with Crippen molar-refractivity contribution in [3.63, 3.8) is 0 Å². The van der Waals surface area contributed by atoms with Crippen LogP contribution in [0.15, 0.2) is 0 Å². The second kappa shape index (κ2) is 9.48. The number of hydrogen-bond donors (Lipinski definition) is 3. The topological polar surface area (TPSA) is 102 Å². The molecular formula is C11H18N2O4. The highest BCUT2D eigenvalue weighted by atomic mass is 16.5. The molecular weight excluding hydrogens is 224 g/mol. The number of nitrogens with two attached hydrogens (primary N) is 1. The Kier molecular flexibility index (Phi) is 8.51. The van der Waals surface area contributed by atoms with Gasteiger partial charge in [-0.15, -0.1) is 12.3 Å². The Morgan fingerprint density at radius 2 is 2.18 bits per heavy atom. The van der Waals surface area contributed by atoms with Gasteiger partial charge in [0.05, 0.1) is 6.61 Å². The van der Waals surface area contributed by atoms with Gasteiger partial charge in [0.2, 0.25) is 0 Å². The lowest BCUT2D eigenvalue weighted by Gasteiger charge is -2.07. The second-order valence-electron chi connectivity index (χ2n) is 3.46. The standard InChI is InChI=1S/C11H18N2O4/c1-2-3-7-13-11(16)17-8-5-4-6-9(12)10(14)15/h1,9H,3-8,12H2,(H,13,16)(H,14,15). The summed E-state index contributed by atoms with van der Waals surface area (Å²) in [5, 5.41) is 11.0. The SMILES string of the molecule is C#CCCNC(=O)OCCCCC(N)C(=O)O. The number of hydrogen-bond acceptors (Lipinski definition) is 4. The monoisotopic (exact) mass is 242 g/mol. The molecule has 0 bridgehead atoms. The molecule has 0 radical (unpaired) electrons. The van der Waals surface area contributed by atoms with Crippen LogP contribution in [0.2, 0.25) is 0 Å². The van der Waals surface area contributed by atoms with Gasteiger partial charge in [-0.25, -0.2) is 4.79 Å². The summed E-state index contributed by atoms with van der Waals surface area (Å²) in [4.78, 5) is 21.4.